The van der Waals surface area contributed by atoms with Gasteiger partial charge in [-0.3, -0.25) is 4.79 Å². The van der Waals surface area contributed by atoms with Gasteiger partial charge in [0.25, 0.3) is 5.56 Å². The minimum absolute atomic E-state index is 0.0425. The maximum atomic E-state index is 13.1. The van der Waals surface area contributed by atoms with Crippen molar-refractivity contribution >= 4 is 16.6 Å². The third-order valence-corrected chi connectivity index (χ3v) is 5.56. The van der Waals surface area contributed by atoms with Crippen molar-refractivity contribution in [3.63, 3.8) is 0 Å². The average Bonchev–Trinajstić information content (AvgIpc) is 3.23. The summed E-state index contributed by atoms with van der Waals surface area (Å²) in [6, 6.07) is 27.3. The predicted molar refractivity (Wildman–Crippen MR) is 129 cm³/mol. The molecule has 0 atom stereocenters. The Bertz CT molecular complexity index is 1450. The summed E-state index contributed by atoms with van der Waals surface area (Å²) >= 11 is 0. The van der Waals surface area contributed by atoms with Crippen molar-refractivity contribution in [1.29, 1.82) is 0 Å². The number of pyridine rings is 1. The maximum Gasteiger partial charge on any atom is 0.274 e. The van der Waals surface area contributed by atoms with Crippen LogP contribution >= 0.6 is 0 Å². The molecule has 0 aliphatic heterocycles. The second-order valence-corrected chi connectivity index (χ2v) is 7.82. The van der Waals surface area contributed by atoms with Crippen LogP contribution in [0.4, 0.5) is 5.69 Å². The molecule has 0 bridgehead atoms. The summed E-state index contributed by atoms with van der Waals surface area (Å²) in [6.45, 7) is 0.618. The fourth-order valence-electron chi connectivity index (χ4n) is 4.01. The van der Waals surface area contributed by atoms with Crippen LogP contribution in [0.3, 0.4) is 0 Å². The summed E-state index contributed by atoms with van der Waals surface area (Å²) < 4.78 is 9.81. The van der Waals surface area contributed by atoms with Crippen molar-refractivity contribution < 1.29 is 4.74 Å². The van der Waals surface area contributed by atoms with Gasteiger partial charge in [-0.2, -0.15) is 0 Å². The largest absolute Gasteiger partial charge is 0.457 e. The summed E-state index contributed by atoms with van der Waals surface area (Å²) in [7, 11) is 1.77. The summed E-state index contributed by atoms with van der Waals surface area (Å²) in [6.07, 6.45) is 3.82. The Kier molecular flexibility index (Phi) is 5.00. The number of aryl methyl sites for hydroxylation is 1. The van der Waals surface area contributed by atoms with Gasteiger partial charge < -0.3 is 19.6 Å². The lowest BCUT2D eigenvalue weighted by Crippen LogP contribution is -2.19. The molecular weight excluding hydrogens is 398 g/mol. The molecule has 3 aromatic carbocycles. The van der Waals surface area contributed by atoms with Crippen LogP contribution in [-0.4, -0.2) is 9.13 Å². The SMILES string of the molecule is Cn1cc(-c2cc(N)ccc2Oc2ccccc2)c2ccn(Cc3ccccc3)c2c1=O. The van der Waals surface area contributed by atoms with Gasteiger partial charge in [-0.1, -0.05) is 48.5 Å². The normalized spacial score (nSPS) is 11.0. The van der Waals surface area contributed by atoms with E-state index in [1.165, 1.54) is 0 Å². The first-order valence-electron chi connectivity index (χ1n) is 10.5. The monoisotopic (exact) mass is 421 g/mol. The number of hydrogen-bond acceptors (Lipinski definition) is 3. The van der Waals surface area contributed by atoms with E-state index in [1.54, 1.807) is 11.6 Å². The zero-order valence-corrected chi connectivity index (χ0v) is 17.7. The number of fused-ring (bicyclic) bond motifs is 1. The molecular formula is C27H23N3O2. The molecule has 0 aliphatic carbocycles. The highest BCUT2D eigenvalue weighted by molar-refractivity contribution is 5.96. The molecule has 0 fully saturated rings. The van der Waals surface area contributed by atoms with E-state index in [2.05, 4.69) is 12.1 Å². The molecule has 2 aromatic heterocycles. The van der Waals surface area contributed by atoms with Gasteiger partial charge >= 0.3 is 0 Å². The molecule has 5 heteroatoms. The number of para-hydroxylation sites is 1. The van der Waals surface area contributed by atoms with E-state index in [1.807, 2.05) is 89.8 Å². The Labute approximate surface area is 185 Å². The topological polar surface area (TPSA) is 62.2 Å². The number of nitrogens with zero attached hydrogens (tertiary/aromatic N) is 2. The number of anilines is 1. The number of hydrogen-bond donors (Lipinski definition) is 1. The Morgan fingerprint density at radius 2 is 1.59 bits per heavy atom. The lowest BCUT2D eigenvalue weighted by molar-refractivity contribution is 0.484. The molecule has 158 valence electrons. The Morgan fingerprint density at radius 3 is 2.34 bits per heavy atom. The fourth-order valence-corrected chi connectivity index (χ4v) is 4.01. The number of benzene rings is 3. The zero-order chi connectivity index (χ0) is 22.1. The quantitative estimate of drug-likeness (QED) is 0.385. The highest BCUT2D eigenvalue weighted by Crippen LogP contribution is 2.38. The Balaban J connectivity index is 1.68. The standard InChI is InChI=1S/C27H23N3O2/c1-29-18-24(23-16-20(28)12-13-25(23)32-21-10-6-3-7-11-21)22-14-15-30(26(22)27(29)31)17-19-8-4-2-5-9-19/h2-16,18H,17,28H2,1H3. The minimum Gasteiger partial charge on any atom is -0.457 e. The number of aromatic nitrogens is 2. The highest BCUT2D eigenvalue weighted by Gasteiger charge is 2.17. The summed E-state index contributed by atoms with van der Waals surface area (Å²) in [5.41, 5.74) is 10.3. The van der Waals surface area contributed by atoms with E-state index >= 15 is 0 Å². The summed E-state index contributed by atoms with van der Waals surface area (Å²) in [4.78, 5) is 13.1. The van der Waals surface area contributed by atoms with Crippen LogP contribution in [0, 0.1) is 0 Å². The molecule has 0 amide bonds. The van der Waals surface area contributed by atoms with Crippen molar-refractivity contribution in [2.75, 3.05) is 5.73 Å². The molecule has 2 N–H and O–H groups in total. The first-order valence-corrected chi connectivity index (χ1v) is 10.5. The van der Waals surface area contributed by atoms with E-state index in [9.17, 15) is 4.79 Å². The third-order valence-electron chi connectivity index (χ3n) is 5.56. The minimum atomic E-state index is -0.0425. The van der Waals surface area contributed by atoms with Crippen LogP contribution in [0.15, 0.2) is 102 Å². The van der Waals surface area contributed by atoms with E-state index in [0.29, 0.717) is 23.5 Å². The van der Waals surface area contributed by atoms with E-state index in [0.717, 1.165) is 27.8 Å². The van der Waals surface area contributed by atoms with Gasteiger partial charge in [-0.25, -0.2) is 0 Å². The van der Waals surface area contributed by atoms with Crippen molar-refractivity contribution in [3.8, 4) is 22.6 Å². The number of nitrogens with two attached hydrogens (primary N) is 1. The highest BCUT2D eigenvalue weighted by atomic mass is 16.5. The molecule has 0 unspecified atom stereocenters. The van der Waals surface area contributed by atoms with Crippen LogP contribution in [-0.2, 0) is 13.6 Å². The van der Waals surface area contributed by atoms with Crippen LogP contribution < -0.4 is 16.0 Å². The molecule has 0 saturated heterocycles. The molecule has 0 saturated carbocycles. The van der Waals surface area contributed by atoms with Crippen LogP contribution in [0.1, 0.15) is 5.56 Å². The van der Waals surface area contributed by atoms with Crippen molar-refractivity contribution in [3.05, 3.63) is 113 Å². The van der Waals surface area contributed by atoms with Gasteiger partial charge in [-0.05, 0) is 42.0 Å². The van der Waals surface area contributed by atoms with Gasteiger partial charge in [0.2, 0.25) is 0 Å². The van der Waals surface area contributed by atoms with Gasteiger partial charge in [0.15, 0.2) is 0 Å². The molecule has 0 spiro atoms. The molecule has 32 heavy (non-hydrogen) atoms. The summed E-state index contributed by atoms with van der Waals surface area (Å²) in [5, 5.41) is 0.868. The number of nitrogen functional groups attached to an aromatic ring is 1. The van der Waals surface area contributed by atoms with Gasteiger partial charge in [0, 0.05) is 48.2 Å². The Hall–Kier alpha value is -4.25. The third kappa shape index (κ3) is 3.65. The molecule has 0 radical (unpaired) electrons. The fraction of sp³-hybridized carbons (Fsp3) is 0.0741. The van der Waals surface area contributed by atoms with Crippen molar-refractivity contribution in [1.82, 2.24) is 9.13 Å². The average molecular weight is 422 g/mol. The van der Waals surface area contributed by atoms with E-state index < -0.39 is 0 Å². The van der Waals surface area contributed by atoms with Gasteiger partial charge in [0.1, 0.15) is 17.0 Å². The second kappa shape index (κ2) is 8.12. The van der Waals surface area contributed by atoms with Crippen LogP contribution in [0.5, 0.6) is 11.5 Å². The maximum absolute atomic E-state index is 13.1. The molecule has 5 nitrogen and oxygen atoms in total. The number of ether oxygens (including phenoxy) is 1. The Morgan fingerprint density at radius 1 is 0.875 bits per heavy atom. The molecule has 2 heterocycles. The van der Waals surface area contributed by atoms with Crippen LogP contribution in [0.2, 0.25) is 0 Å². The van der Waals surface area contributed by atoms with E-state index in [4.69, 9.17) is 10.5 Å². The smallest absolute Gasteiger partial charge is 0.274 e. The first-order chi connectivity index (χ1) is 15.6. The molecule has 5 rings (SSSR count). The van der Waals surface area contributed by atoms with E-state index in [-0.39, 0.29) is 5.56 Å². The van der Waals surface area contributed by atoms with Crippen LogP contribution in [0.25, 0.3) is 22.0 Å². The lowest BCUT2D eigenvalue weighted by Gasteiger charge is -2.15. The predicted octanol–water partition coefficient (Wildman–Crippen LogP) is 5.43. The molecule has 0 aliphatic rings. The number of rotatable bonds is 5. The zero-order valence-electron chi connectivity index (χ0n) is 17.7. The van der Waals surface area contributed by atoms with Gasteiger partial charge in [0.05, 0.1) is 0 Å². The lowest BCUT2D eigenvalue weighted by atomic mass is 10.0. The summed E-state index contributed by atoms with van der Waals surface area (Å²) in [5.74, 6) is 1.42. The van der Waals surface area contributed by atoms with Crippen molar-refractivity contribution in [2.45, 2.75) is 6.54 Å². The van der Waals surface area contributed by atoms with Crippen molar-refractivity contribution in [2.24, 2.45) is 7.05 Å². The first kappa shape index (κ1) is 19.7. The second-order valence-electron chi connectivity index (χ2n) is 7.82. The van der Waals surface area contributed by atoms with Gasteiger partial charge in [-0.15, -0.1) is 0 Å². The molecule has 5 aromatic rings.